The number of nitrogens with zero attached hydrogens (tertiary/aromatic N) is 4. The Kier molecular flexibility index (Phi) is 5.05. The Morgan fingerprint density at radius 2 is 2.04 bits per heavy atom. The van der Waals surface area contributed by atoms with Crippen LogP contribution in [0.15, 0.2) is 6.33 Å². The van der Waals surface area contributed by atoms with E-state index in [-0.39, 0.29) is 18.1 Å². The highest BCUT2D eigenvalue weighted by Gasteiger charge is 2.24. The smallest absolute Gasteiger partial charge is 0.226 e. The van der Waals surface area contributed by atoms with E-state index in [0.717, 1.165) is 62.7 Å². The molecule has 0 bridgehead atoms. The summed E-state index contributed by atoms with van der Waals surface area (Å²) in [5, 5.41) is 13.0. The predicted molar refractivity (Wildman–Crippen MR) is 95.6 cm³/mol. The summed E-state index contributed by atoms with van der Waals surface area (Å²) in [7, 11) is 0. The van der Waals surface area contributed by atoms with Gasteiger partial charge in [0, 0.05) is 19.3 Å². The van der Waals surface area contributed by atoms with Crippen LogP contribution >= 0.6 is 11.6 Å². The van der Waals surface area contributed by atoms with E-state index in [9.17, 15) is 5.11 Å². The van der Waals surface area contributed by atoms with Crippen LogP contribution in [0.25, 0.3) is 11.2 Å². The van der Waals surface area contributed by atoms with E-state index in [0.29, 0.717) is 17.8 Å². The van der Waals surface area contributed by atoms with Crippen molar-refractivity contribution in [2.75, 3.05) is 18.5 Å². The van der Waals surface area contributed by atoms with E-state index in [2.05, 4.69) is 20.3 Å². The van der Waals surface area contributed by atoms with Crippen molar-refractivity contribution >= 4 is 28.6 Å². The van der Waals surface area contributed by atoms with E-state index in [1.165, 1.54) is 0 Å². The number of fused-ring (bicyclic) bond motifs is 1. The maximum Gasteiger partial charge on any atom is 0.226 e. The number of nitrogens with one attached hydrogen (secondary N) is 1. The molecule has 7 nitrogen and oxygen atoms in total. The van der Waals surface area contributed by atoms with Crippen LogP contribution in [0.3, 0.4) is 0 Å². The molecule has 2 fully saturated rings. The normalized spacial score (nSPS) is 27.5. The molecule has 0 aromatic carbocycles. The monoisotopic (exact) mass is 365 g/mol. The van der Waals surface area contributed by atoms with Gasteiger partial charge in [-0.1, -0.05) is 0 Å². The molecule has 136 valence electrons. The minimum Gasteiger partial charge on any atom is -0.396 e. The standard InChI is InChI=1S/C17H24ClN5O2/c18-17-21-15(20-12-6-4-11(9-24)5-7-12)14-16(22-17)23(10-19-14)13-3-1-2-8-25-13/h10-13,24H,1-9H2,(H,20,21,22). The Morgan fingerprint density at radius 1 is 1.20 bits per heavy atom. The van der Waals surface area contributed by atoms with Crippen molar-refractivity contribution in [2.45, 2.75) is 57.2 Å². The summed E-state index contributed by atoms with van der Waals surface area (Å²) in [6.45, 7) is 1.05. The van der Waals surface area contributed by atoms with Crippen molar-refractivity contribution in [3.63, 3.8) is 0 Å². The number of anilines is 1. The molecule has 4 rings (SSSR count). The van der Waals surface area contributed by atoms with Gasteiger partial charge in [-0.05, 0) is 62.5 Å². The van der Waals surface area contributed by atoms with Gasteiger partial charge >= 0.3 is 0 Å². The fraction of sp³-hybridized carbons (Fsp3) is 0.706. The Morgan fingerprint density at radius 3 is 2.76 bits per heavy atom. The molecule has 1 aliphatic carbocycles. The topological polar surface area (TPSA) is 85.1 Å². The van der Waals surface area contributed by atoms with E-state index in [4.69, 9.17) is 16.3 Å². The first-order valence-corrected chi connectivity index (χ1v) is 9.51. The summed E-state index contributed by atoms with van der Waals surface area (Å²) in [4.78, 5) is 13.3. The van der Waals surface area contributed by atoms with Gasteiger partial charge in [-0.2, -0.15) is 9.97 Å². The van der Waals surface area contributed by atoms with Gasteiger partial charge in [-0.25, -0.2) is 4.98 Å². The first kappa shape index (κ1) is 17.0. The lowest BCUT2D eigenvalue weighted by molar-refractivity contribution is -0.0298. The van der Waals surface area contributed by atoms with Crippen LogP contribution in [0.5, 0.6) is 0 Å². The van der Waals surface area contributed by atoms with Crippen LogP contribution in [-0.4, -0.2) is 43.9 Å². The first-order chi connectivity index (χ1) is 12.2. The molecule has 1 atom stereocenters. The molecule has 0 spiro atoms. The zero-order valence-corrected chi connectivity index (χ0v) is 15.0. The lowest BCUT2D eigenvalue weighted by Crippen LogP contribution is -2.28. The quantitative estimate of drug-likeness (QED) is 0.809. The second-order valence-corrected chi connectivity index (χ2v) is 7.37. The molecule has 25 heavy (non-hydrogen) atoms. The molecule has 0 amide bonds. The molecule has 2 aromatic rings. The second-order valence-electron chi connectivity index (χ2n) is 7.03. The molecule has 0 radical (unpaired) electrons. The van der Waals surface area contributed by atoms with Crippen LogP contribution in [-0.2, 0) is 4.74 Å². The number of halogens is 1. The van der Waals surface area contributed by atoms with Crippen molar-refractivity contribution in [2.24, 2.45) is 5.92 Å². The summed E-state index contributed by atoms with van der Waals surface area (Å²) in [6.07, 6.45) is 9.03. The summed E-state index contributed by atoms with van der Waals surface area (Å²) < 4.78 is 7.83. The van der Waals surface area contributed by atoms with Crippen LogP contribution in [0, 0.1) is 5.92 Å². The highest BCUT2D eigenvalue weighted by molar-refractivity contribution is 6.28. The van der Waals surface area contributed by atoms with E-state index >= 15 is 0 Å². The third-order valence-electron chi connectivity index (χ3n) is 5.31. The van der Waals surface area contributed by atoms with Crippen molar-refractivity contribution in [3.8, 4) is 0 Å². The Bertz CT molecular complexity index is 723. The summed E-state index contributed by atoms with van der Waals surface area (Å²) in [5.74, 6) is 1.12. The maximum atomic E-state index is 9.29. The van der Waals surface area contributed by atoms with Crippen molar-refractivity contribution < 1.29 is 9.84 Å². The SMILES string of the molecule is OCC1CCC(Nc2nc(Cl)nc3c2ncn3C2CCCCO2)CC1. The zero-order chi connectivity index (χ0) is 17.2. The molecule has 1 saturated heterocycles. The summed E-state index contributed by atoms with van der Waals surface area (Å²) in [6, 6.07) is 0.327. The van der Waals surface area contributed by atoms with E-state index in [1.807, 2.05) is 4.57 Å². The Hall–Kier alpha value is -1.44. The third-order valence-corrected chi connectivity index (χ3v) is 5.47. The molecule has 3 heterocycles. The second kappa shape index (κ2) is 7.43. The number of aliphatic hydroxyl groups excluding tert-OH is 1. The summed E-state index contributed by atoms with van der Waals surface area (Å²) >= 11 is 6.18. The van der Waals surface area contributed by atoms with E-state index < -0.39 is 0 Å². The van der Waals surface area contributed by atoms with Gasteiger partial charge < -0.3 is 15.2 Å². The molecule has 1 saturated carbocycles. The van der Waals surface area contributed by atoms with Gasteiger partial charge in [0.25, 0.3) is 0 Å². The molecular formula is C17H24ClN5O2. The largest absolute Gasteiger partial charge is 0.396 e. The number of aliphatic hydroxyl groups is 1. The van der Waals surface area contributed by atoms with Crippen molar-refractivity contribution in [1.29, 1.82) is 0 Å². The number of ether oxygens (including phenoxy) is 1. The summed E-state index contributed by atoms with van der Waals surface area (Å²) in [5.41, 5.74) is 1.46. The number of rotatable bonds is 4. The lowest BCUT2D eigenvalue weighted by Gasteiger charge is -2.28. The van der Waals surface area contributed by atoms with Gasteiger partial charge in [0.2, 0.25) is 5.28 Å². The molecule has 2 N–H and O–H groups in total. The van der Waals surface area contributed by atoms with Gasteiger partial charge in [0.05, 0.1) is 6.33 Å². The van der Waals surface area contributed by atoms with Gasteiger partial charge in [0.1, 0.15) is 6.23 Å². The Balaban J connectivity index is 1.58. The fourth-order valence-electron chi connectivity index (χ4n) is 3.83. The predicted octanol–water partition coefficient (Wildman–Crippen LogP) is 3.14. The minimum atomic E-state index is -0.0300. The Labute approximate surface area is 151 Å². The van der Waals surface area contributed by atoms with Crippen LogP contribution in [0.1, 0.15) is 51.2 Å². The van der Waals surface area contributed by atoms with E-state index in [1.54, 1.807) is 6.33 Å². The average Bonchev–Trinajstić information content (AvgIpc) is 3.07. The third kappa shape index (κ3) is 3.59. The molecule has 1 aliphatic heterocycles. The highest BCUT2D eigenvalue weighted by atomic mass is 35.5. The van der Waals surface area contributed by atoms with Crippen molar-refractivity contribution in [1.82, 2.24) is 19.5 Å². The fourth-order valence-corrected chi connectivity index (χ4v) is 3.99. The molecule has 8 heteroatoms. The van der Waals surface area contributed by atoms with Crippen molar-refractivity contribution in [3.05, 3.63) is 11.6 Å². The number of imidazole rings is 1. The maximum absolute atomic E-state index is 9.29. The first-order valence-electron chi connectivity index (χ1n) is 9.13. The van der Waals surface area contributed by atoms with Gasteiger partial charge in [-0.3, -0.25) is 4.57 Å². The molecule has 1 unspecified atom stereocenters. The molecule has 2 aliphatic rings. The lowest BCUT2D eigenvalue weighted by atomic mass is 9.86. The van der Waals surface area contributed by atoms with Crippen LogP contribution < -0.4 is 5.32 Å². The van der Waals surface area contributed by atoms with Gasteiger partial charge in [0.15, 0.2) is 17.0 Å². The minimum absolute atomic E-state index is 0.0300. The molecular weight excluding hydrogens is 342 g/mol. The number of hydrogen-bond acceptors (Lipinski definition) is 6. The average molecular weight is 366 g/mol. The molecule has 2 aromatic heterocycles. The number of hydrogen-bond donors (Lipinski definition) is 2. The zero-order valence-electron chi connectivity index (χ0n) is 14.2. The van der Waals surface area contributed by atoms with Crippen LogP contribution in [0.4, 0.5) is 5.82 Å². The van der Waals surface area contributed by atoms with Crippen LogP contribution in [0.2, 0.25) is 5.28 Å². The number of aromatic nitrogens is 4. The highest BCUT2D eigenvalue weighted by Crippen LogP contribution is 2.31. The van der Waals surface area contributed by atoms with Gasteiger partial charge in [-0.15, -0.1) is 0 Å².